The number of hydrogen-bond donors (Lipinski definition) is 0. The topological polar surface area (TPSA) is 91.0 Å². The molecule has 0 aliphatic heterocycles. The van der Waals surface area contributed by atoms with Crippen molar-refractivity contribution in [3.8, 4) is 45.6 Å². The van der Waals surface area contributed by atoms with Gasteiger partial charge in [-0.3, -0.25) is 0 Å². The molecule has 4 aromatic heterocycles. The number of rotatable bonds is 4. The minimum Gasteiger partial charge on any atom is -0.456 e. The summed E-state index contributed by atoms with van der Waals surface area (Å²) in [6.07, 6.45) is 0. The first-order chi connectivity index (χ1) is 23.3. The molecule has 0 aliphatic carbocycles. The van der Waals surface area contributed by atoms with E-state index in [1.165, 1.54) is 0 Å². The van der Waals surface area contributed by atoms with Gasteiger partial charge in [0, 0.05) is 43.8 Å². The van der Waals surface area contributed by atoms with Crippen LogP contribution in [0.4, 0.5) is 0 Å². The highest BCUT2D eigenvalue weighted by molar-refractivity contribution is 6.17. The van der Waals surface area contributed by atoms with Gasteiger partial charge in [-0.25, -0.2) is 19.9 Å². The van der Waals surface area contributed by atoms with Crippen molar-refractivity contribution in [1.82, 2.24) is 19.9 Å². The summed E-state index contributed by atoms with van der Waals surface area (Å²) in [5.41, 5.74) is 8.03. The van der Waals surface area contributed by atoms with Crippen molar-refractivity contribution in [2.75, 3.05) is 0 Å². The molecule has 0 unspecified atom stereocenters. The molecule has 0 amide bonds. The molecule has 10 aromatic rings. The molecule has 47 heavy (non-hydrogen) atoms. The second kappa shape index (κ2) is 9.95. The van der Waals surface area contributed by atoms with Crippen LogP contribution in [0, 0.1) is 0 Å². The third-order valence-electron chi connectivity index (χ3n) is 8.59. The van der Waals surface area contributed by atoms with Crippen molar-refractivity contribution in [2.24, 2.45) is 0 Å². The first kappa shape index (κ1) is 25.7. The number of oxazole rings is 1. The van der Waals surface area contributed by atoms with E-state index in [9.17, 15) is 0 Å². The fourth-order valence-corrected chi connectivity index (χ4v) is 6.43. The van der Waals surface area contributed by atoms with E-state index >= 15 is 0 Å². The third kappa shape index (κ3) is 4.07. The third-order valence-corrected chi connectivity index (χ3v) is 8.59. The molecule has 0 saturated carbocycles. The first-order valence-corrected chi connectivity index (χ1v) is 15.3. The van der Waals surface area contributed by atoms with E-state index in [1.807, 2.05) is 121 Å². The number of nitrogens with zero attached hydrogens (tertiary/aromatic N) is 4. The standard InChI is InChI=1S/C40H22N4O3/c1-2-10-23(11-3-1)37-42-38(24-20-21-31-28(22-24)25-12-4-6-16-30(25)45-31)44-39(43-37)26-13-8-18-33-35(26)36-27(14-9-19-34(36)46-33)40-41-29-15-5-7-17-32(29)47-40/h1-22H. The monoisotopic (exact) mass is 606 g/mol. The molecule has 0 N–H and O–H groups in total. The van der Waals surface area contributed by atoms with Crippen molar-refractivity contribution in [3.63, 3.8) is 0 Å². The molecular formula is C40H22N4O3. The van der Waals surface area contributed by atoms with Gasteiger partial charge in [0.2, 0.25) is 5.89 Å². The Bertz CT molecular complexity index is 2780. The van der Waals surface area contributed by atoms with Gasteiger partial charge in [-0.2, -0.15) is 0 Å². The average molecular weight is 607 g/mol. The maximum Gasteiger partial charge on any atom is 0.228 e. The van der Waals surface area contributed by atoms with E-state index in [2.05, 4.69) is 12.1 Å². The molecule has 0 radical (unpaired) electrons. The Kier molecular flexibility index (Phi) is 5.44. The molecule has 0 bridgehead atoms. The van der Waals surface area contributed by atoms with Gasteiger partial charge in [0.05, 0.1) is 0 Å². The molecule has 220 valence electrons. The Morgan fingerprint density at radius 3 is 1.81 bits per heavy atom. The van der Waals surface area contributed by atoms with Gasteiger partial charge in [-0.1, -0.05) is 78.9 Å². The summed E-state index contributed by atoms with van der Waals surface area (Å²) in [4.78, 5) is 20.0. The lowest BCUT2D eigenvalue weighted by Gasteiger charge is -2.09. The maximum atomic E-state index is 6.41. The number of furan rings is 2. The van der Waals surface area contributed by atoms with Crippen LogP contribution in [0.1, 0.15) is 0 Å². The molecule has 7 heteroatoms. The van der Waals surface area contributed by atoms with E-state index in [1.54, 1.807) is 0 Å². The van der Waals surface area contributed by atoms with E-state index in [0.29, 0.717) is 23.4 Å². The largest absolute Gasteiger partial charge is 0.456 e. The lowest BCUT2D eigenvalue weighted by atomic mass is 10.0. The highest BCUT2D eigenvalue weighted by Gasteiger charge is 2.22. The molecule has 4 heterocycles. The van der Waals surface area contributed by atoms with Crippen LogP contribution in [-0.4, -0.2) is 19.9 Å². The van der Waals surface area contributed by atoms with Crippen LogP contribution < -0.4 is 0 Å². The smallest absolute Gasteiger partial charge is 0.228 e. The summed E-state index contributed by atoms with van der Waals surface area (Å²) in [6, 6.07) is 43.7. The van der Waals surface area contributed by atoms with Gasteiger partial charge in [-0.05, 0) is 54.6 Å². The van der Waals surface area contributed by atoms with Crippen molar-refractivity contribution >= 4 is 55.0 Å². The Morgan fingerprint density at radius 1 is 0.362 bits per heavy atom. The second-order valence-corrected chi connectivity index (χ2v) is 11.4. The van der Waals surface area contributed by atoms with E-state index in [4.69, 9.17) is 33.2 Å². The van der Waals surface area contributed by atoms with Crippen molar-refractivity contribution in [2.45, 2.75) is 0 Å². The van der Waals surface area contributed by atoms with Gasteiger partial charge < -0.3 is 13.3 Å². The number of hydrogen-bond acceptors (Lipinski definition) is 7. The lowest BCUT2D eigenvalue weighted by Crippen LogP contribution is -2.00. The summed E-state index contributed by atoms with van der Waals surface area (Å²) >= 11 is 0. The molecule has 0 fully saturated rings. The van der Waals surface area contributed by atoms with Crippen molar-refractivity contribution in [3.05, 3.63) is 133 Å². The zero-order valence-electron chi connectivity index (χ0n) is 24.7. The van der Waals surface area contributed by atoms with Gasteiger partial charge in [0.1, 0.15) is 27.8 Å². The highest BCUT2D eigenvalue weighted by atomic mass is 16.4. The van der Waals surface area contributed by atoms with Crippen LogP contribution in [0.5, 0.6) is 0 Å². The van der Waals surface area contributed by atoms with E-state index in [-0.39, 0.29) is 0 Å². The molecule has 0 saturated heterocycles. The SMILES string of the molecule is c1ccc(-c2nc(-c3ccc4oc5ccccc5c4c3)nc(-c3cccc4oc5cccc(-c6nc7ccccc7o6)c5c34)n2)cc1. The quantitative estimate of drug-likeness (QED) is 0.197. The number of para-hydroxylation sites is 3. The summed E-state index contributed by atoms with van der Waals surface area (Å²) in [5.74, 6) is 2.19. The van der Waals surface area contributed by atoms with Crippen molar-refractivity contribution in [1.29, 1.82) is 0 Å². The zero-order valence-corrected chi connectivity index (χ0v) is 24.7. The van der Waals surface area contributed by atoms with Gasteiger partial charge in [0.15, 0.2) is 23.1 Å². The zero-order chi connectivity index (χ0) is 30.9. The maximum absolute atomic E-state index is 6.41. The summed E-state index contributed by atoms with van der Waals surface area (Å²) in [7, 11) is 0. The van der Waals surface area contributed by atoms with Crippen molar-refractivity contribution < 1.29 is 13.3 Å². The van der Waals surface area contributed by atoms with Gasteiger partial charge in [-0.15, -0.1) is 0 Å². The highest BCUT2D eigenvalue weighted by Crippen LogP contribution is 2.42. The Balaban J connectivity index is 1.23. The molecule has 0 spiro atoms. The fraction of sp³-hybridized carbons (Fsp3) is 0. The normalized spacial score (nSPS) is 11.8. The summed E-state index contributed by atoms with van der Waals surface area (Å²) in [5, 5.41) is 3.82. The molecule has 10 rings (SSSR count). The number of aromatic nitrogens is 4. The van der Waals surface area contributed by atoms with Crippen LogP contribution in [0.25, 0.3) is 101 Å². The average Bonchev–Trinajstić information content (AvgIpc) is 3.84. The summed E-state index contributed by atoms with van der Waals surface area (Å²) in [6.45, 7) is 0. The van der Waals surface area contributed by atoms with Crippen LogP contribution in [0.2, 0.25) is 0 Å². The first-order valence-electron chi connectivity index (χ1n) is 15.3. The summed E-state index contributed by atoms with van der Waals surface area (Å²) < 4.78 is 18.7. The molecule has 0 aliphatic rings. The fourth-order valence-electron chi connectivity index (χ4n) is 6.43. The Hall–Kier alpha value is -6.60. The number of benzene rings is 6. The van der Waals surface area contributed by atoms with Crippen LogP contribution in [-0.2, 0) is 0 Å². The van der Waals surface area contributed by atoms with E-state index < -0.39 is 0 Å². The Morgan fingerprint density at radius 2 is 0.979 bits per heavy atom. The minimum atomic E-state index is 0.524. The predicted octanol–water partition coefficient (Wildman–Crippen LogP) is 10.5. The minimum absolute atomic E-state index is 0.524. The lowest BCUT2D eigenvalue weighted by molar-refractivity contribution is 0.620. The molecule has 7 nitrogen and oxygen atoms in total. The predicted molar refractivity (Wildman–Crippen MR) is 184 cm³/mol. The van der Waals surface area contributed by atoms with Crippen LogP contribution >= 0.6 is 0 Å². The molecule has 0 atom stereocenters. The number of fused-ring (bicyclic) bond motifs is 7. The van der Waals surface area contributed by atoms with Crippen LogP contribution in [0.3, 0.4) is 0 Å². The van der Waals surface area contributed by atoms with Gasteiger partial charge in [0.25, 0.3) is 0 Å². The van der Waals surface area contributed by atoms with E-state index in [0.717, 1.165) is 77.2 Å². The molecular weight excluding hydrogens is 584 g/mol. The molecule has 6 aromatic carbocycles. The second-order valence-electron chi connectivity index (χ2n) is 11.4. The van der Waals surface area contributed by atoms with Gasteiger partial charge >= 0.3 is 0 Å². The Labute approximate surface area is 266 Å². The van der Waals surface area contributed by atoms with Crippen LogP contribution in [0.15, 0.2) is 147 Å².